The molecule has 31 heavy (non-hydrogen) atoms. The highest BCUT2D eigenvalue weighted by atomic mass is 32.1. The van der Waals surface area contributed by atoms with Gasteiger partial charge in [0, 0.05) is 36.8 Å². The standard InChI is InChI=1S/C16H21N5.C8H9FS/c1-11-6-12(9-19-11)10-21-5-4-15-16(21)3-2-14(20-15)13(7-17)8-18;9-8-3-1-7(2-4-8)5-6-10/h2-5,7-8,11-12,17,19H,6,9-10,18H2,1H3;1-4,10H,5-6H2/b13-8+,17-7?;. The van der Waals surface area contributed by atoms with Crippen molar-refractivity contribution in [3.63, 3.8) is 0 Å². The summed E-state index contributed by atoms with van der Waals surface area (Å²) in [6, 6.07) is 13.2. The Kier molecular flexibility index (Phi) is 8.26. The van der Waals surface area contributed by atoms with Gasteiger partial charge >= 0.3 is 0 Å². The number of pyridine rings is 1. The summed E-state index contributed by atoms with van der Waals surface area (Å²) >= 11 is 4.06. The fourth-order valence-corrected chi connectivity index (χ4v) is 4.09. The second-order valence-electron chi connectivity index (χ2n) is 7.85. The third kappa shape index (κ3) is 6.18. The molecule has 0 spiro atoms. The summed E-state index contributed by atoms with van der Waals surface area (Å²) in [4.78, 5) is 4.59. The molecule has 1 aliphatic rings. The van der Waals surface area contributed by atoms with E-state index < -0.39 is 0 Å². The minimum absolute atomic E-state index is 0.178. The molecule has 1 aliphatic heterocycles. The van der Waals surface area contributed by atoms with Crippen LogP contribution in [0.3, 0.4) is 0 Å². The number of allylic oxidation sites excluding steroid dienone is 1. The Morgan fingerprint density at radius 3 is 2.68 bits per heavy atom. The lowest BCUT2D eigenvalue weighted by molar-refractivity contribution is 0.483. The van der Waals surface area contributed by atoms with Gasteiger partial charge in [0.2, 0.25) is 0 Å². The van der Waals surface area contributed by atoms with Gasteiger partial charge in [-0.05, 0) is 73.9 Å². The van der Waals surface area contributed by atoms with E-state index in [9.17, 15) is 4.39 Å². The summed E-state index contributed by atoms with van der Waals surface area (Å²) in [5, 5.41) is 10.8. The van der Waals surface area contributed by atoms with Crippen LogP contribution in [-0.4, -0.2) is 34.1 Å². The molecule has 5 nitrogen and oxygen atoms in total. The number of nitrogens with one attached hydrogen (secondary N) is 2. The van der Waals surface area contributed by atoms with E-state index in [4.69, 9.17) is 11.1 Å². The number of hydrogen-bond acceptors (Lipinski definition) is 5. The highest BCUT2D eigenvalue weighted by Gasteiger charge is 2.21. The maximum absolute atomic E-state index is 12.3. The predicted molar refractivity (Wildman–Crippen MR) is 130 cm³/mol. The molecule has 1 fully saturated rings. The zero-order valence-electron chi connectivity index (χ0n) is 17.8. The van der Waals surface area contributed by atoms with Gasteiger partial charge in [-0.25, -0.2) is 9.37 Å². The number of benzene rings is 1. The third-order valence-electron chi connectivity index (χ3n) is 5.47. The van der Waals surface area contributed by atoms with E-state index in [-0.39, 0.29) is 5.82 Å². The number of rotatable bonds is 6. The van der Waals surface area contributed by atoms with Crippen LogP contribution < -0.4 is 11.1 Å². The number of aromatic nitrogens is 2. The normalized spacial score (nSPS) is 18.6. The summed E-state index contributed by atoms with van der Waals surface area (Å²) < 4.78 is 14.6. The first kappa shape index (κ1) is 23.0. The van der Waals surface area contributed by atoms with Gasteiger partial charge in [0.15, 0.2) is 0 Å². The van der Waals surface area contributed by atoms with E-state index in [1.54, 1.807) is 12.1 Å². The molecule has 3 heterocycles. The smallest absolute Gasteiger partial charge is 0.123 e. The van der Waals surface area contributed by atoms with Crippen LogP contribution in [0.1, 0.15) is 24.6 Å². The quantitative estimate of drug-likeness (QED) is 0.342. The summed E-state index contributed by atoms with van der Waals surface area (Å²) in [5.74, 6) is 1.31. The zero-order valence-corrected chi connectivity index (χ0v) is 18.7. The van der Waals surface area contributed by atoms with E-state index in [1.807, 2.05) is 12.1 Å². The van der Waals surface area contributed by atoms with Gasteiger partial charge in [-0.15, -0.1) is 0 Å². The molecule has 2 unspecified atom stereocenters. The average Bonchev–Trinajstić information content (AvgIpc) is 3.37. The first-order valence-electron chi connectivity index (χ1n) is 10.5. The van der Waals surface area contributed by atoms with Gasteiger partial charge in [0.1, 0.15) is 5.82 Å². The van der Waals surface area contributed by atoms with Crippen LogP contribution in [0.25, 0.3) is 16.6 Å². The lowest BCUT2D eigenvalue weighted by atomic mass is 10.1. The molecule has 2 atom stereocenters. The van der Waals surface area contributed by atoms with Crippen molar-refractivity contribution in [3.8, 4) is 0 Å². The van der Waals surface area contributed by atoms with Crippen LogP contribution in [0, 0.1) is 17.1 Å². The molecule has 164 valence electrons. The molecule has 2 aromatic heterocycles. The van der Waals surface area contributed by atoms with Gasteiger partial charge in [-0.2, -0.15) is 12.6 Å². The Morgan fingerprint density at radius 2 is 2.06 bits per heavy atom. The molecular formula is C24H30FN5S. The van der Waals surface area contributed by atoms with Gasteiger partial charge in [-0.1, -0.05) is 12.1 Å². The second kappa shape index (κ2) is 11.1. The van der Waals surface area contributed by atoms with Crippen molar-refractivity contribution in [2.75, 3.05) is 12.3 Å². The Bertz CT molecular complexity index is 1030. The molecular weight excluding hydrogens is 409 g/mol. The minimum atomic E-state index is -0.178. The summed E-state index contributed by atoms with van der Waals surface area (Å²) in [5.41, 5.74) is 10.1. The summed E-state index contributed by atoms with van der Waals surface area (Å²) in [7, 11) is 0. The molecule has 0 amide bonds. The van der Waals surface area contributed by atoms with E-state index in [1.165, 1.54) is 31.0 Å². The van der Waals surface area contributed by atoms with Crippen molar-refractivity contribution < 1.29 is 4.39 Å². The molecule has 0 radical (unpaired) electrons. The van der Waals surface area contributed by atoms with E-state index in [2.05, 4.69) is 46.7 Å². The maximum atomic E-state index is 12.3. The monoisotopic (exact) mass is 439 g/mol. The largest absolute Gasteiger partial charge is 0.404 e. The summed E-state index contributed by atoms with van der Waals surface area (Å²) in [6.45, 7) is 4.34. The molecule has 3 aromatic rings. The number of fused-ring (bicyclic) bond motifs is 1. The molecule has 4 N–H and O–H groups in total. The SMILES string of the molecule is CC1CC(Cn2ccc3nc(/C(C=N)=C/N)ccc32)CN1.Fc1ccc(CCS)cc1. The third-order valence-corrected chi connectivity index (χ3v) is 5.69. The van der Waals surface area contributed by atoms with Gasteiger partial charge in [0.25, 0.3) is 0 Å². The second-order valence-corrected chi connectivity index (χ2v) is 8.29. The van der Waals surface area contributed by atoms with Crippen LogP contribution in [-0.2, 0) is 13.0 Å². The number of nitrogens with zero attached hydrogens (tertiary/aromatic N) is 2. The van der Waals surface area contributed by atoms with Crippen molar-refractivity contribution in [2.45, 2.75) is 32.4 Å². The molecule has 0 saturated carbocycles. The Labute approximate surface area is 188 Å². The molecule has 4 rings (SSSR count). The van der Waals surface area contributed by atoms with Crippen LogP contribution in [0.15, 0.2) is 54.9 Å². The van der Waals surface area contributed by atoms with Crippen molar-refractivity contribution in [3.05, 3.63) is 71.9 Å². The lowest BCUT2D eigenvalue weighted by Gasteiger charge is -2.11. The number of thiol groups is 1. The van der Waals surface area contributed by atoms with Gasteiger partial charge in [-0.3, -0.25) is 0 Å². The Morgan fingerprint density at radius 1 is 1.29 bits per heavy atom. The van der Waals surface area contributed by atoms with Crippen molar-refractivity contribution >= 4 is 35.4 Å². The van der Waals surface area contributed by atoms with Crippen LogP contribution in [0.5, 0.6) is 0 Å². The average molecular weight is 440 g/mol. The van der Waals surface area contributed by atoms with E-state index in [0.29, 0.717) is 17.5 Å². The highest BCUT2D eigenvalue weighted by molar-refractivity contribution is 7.80. The lowest BCUT2D eigenvalue weighted by Crippen LogP contribution is -2.17. The Balaban J connectivity index is 0.000000229. The number of hydrogen-bond donors (Lipinski definition) is 4. The topological polar surface area (TPSA) is 79.7 Å². The van der Waals surface area contributed by atoms with Gasteiger partial charge < -0.3 is 21.0 Å². The predicted octanol–water partition coefficient (Wildman–Crippen LogP) is 4.28. The maximum Gasteiger partial charge on any atom is 0.123 e. The van der Waals surface area contributed by atoms with Crippen molar-refractivity contribution in [1.29, 1.82) is 5.41 Å². The van der Waals surface area contributed by atoms with E-state index in [0.717, 1.165) is 47.6 Å². The van der Waals surface area contributed by atoms with Crippen LogP contribution in [0.2, 0.25) is 0 Å². The summed E-state index contributed by atoms with van der Waals surface area (Å²) in [6.07, 6.45) is 6.88. The van der Waals surface area contributed by atoms with Crippen molar-refractivity contribution in [2.24, 2.45) is 11.7 Å². The number of halogens is 1. The first-order valence-corrected chi connectivity index (χ1v) is 11.1. The van der Waals surface area contributed by atoms with Crippen molar-refractivity contribution in [1.82, 2.24) is 14.9 Å². The van der Waals surface area contributed by atoms with Crippen LogP contribution >= 0.6 is 12.6 Å². The first-order chi connectivity index (χ1) is 15.0. The zero-order chi connectivity index (χ0) is 22.2. The number of nitrogens with two attached hydrogens (primary N) is 1. The Hall–Kier alpha value is -2.64. The van der Waals surface area contributed by atoms with Crippen LogP contribution in [0.4, 0.5) is 4.39 Å². The number of aryl methyl sites for hydroxylation is 1. The fraction of sp³-hybridized carbons (Fsp3) is 0.333. The molecule has 0 aliphatic carbocycles. The molecule has 1 saturated heterocycles. The molecule has 7 heteroatoms. The minimum Gasteiger partial charge on any atom is -0.404 e. The van der Waals surface area contributed by atoms with Gasteiger partial charge in [0.05, 0.1) is 16.7 Å². The fourth-order valence-electron chi connectivity index (χ4n) is 3.83. The highest BCUT2D eigenvalue weighted by Crippen LogP contribution is 2.21. The molecule has 0 bridgehead atoms. The molecule has 1 aromatic carbocycles. The van der Waals surface area contributed by atoms with E-state index >= 15 is 0 Å².